The van der Waals surface area contributed by atoms with Crippen LogP contribution in [0.5, 0.6) is 0 Å². The van der Waals surface area contributed by atoms with Crippen LogP contribution in [0.25, 0.3) is 16.8 Å². The normalized spacial score (nSPS) is 10.8. The summed E-state index contributed by atoms with van der Waals surface area (Å²) in [6, 6.07) is 30.6. The third kappa shape index (κ3) is 5.99. The number of benzene rings is 4. The van der Waals surface area contributed by atoms with E-state index in [0.717, 1.165) is 22.0 Å². The zero-order valence-corrected chi connectivity index (χ0v) is 20.1. The zero-order valence-electron chi connectivity index (χ0n) is 19.3. The summed E-state index contributed by atoms with van der Waals surface area (Å²) in [5.74, 6) is -0.413. The molecule has 0 aliphatic carbocycles. The Morgan fingerprint density at radius 2 is 1.54 bits per heavy atom. The van der Waals surface area contributed by atoms with Crippen LogP contribution in [-0.4, -0.2) is 23.5 Å². The molecule has 0 fully saturated rings. The van der Waals surface area contributed by atoms with Crippen LogP contribution in [0.1, 0.15) is 22.8 Å². The van der Waals surface area contributed by atoms with Gasteiger partial charge in [0, 0.05) is 29.3 Å². The van der Waals surface area contributed by atoms with Crippen molar-refractivity contribution in [3.63, 3.8) is 0 Å². The summed E-state index contributed by atoms with van der Waals surface area (Å²) in [4.78, 5) is 27.2. The SMILES string of the molecule is CCN(C(=O)c1ccc(NC(=S)NC(=O)/C=C/c2ccccc2)cc1)c1cccc2ccccc12. The van der Waals surface area contributed by atoms with E-state index < -0.39 is 0 Å². The Morgan fingerprint density at radius 3 is 2.29 bits per heavy atom. The lowest BCUT2D eigenvalue weighted by atomic mass is 10.1. The summed E-state index contributed by atoms with van der Waals surface area (Å²) in [7, 11) is 0. The minimum atomic E-state index is -0.327. The molecule has 0 heterocycles. The molecule has 4 aromatic carbocycles. The number of rotatable bonds is 6. The van der Waals surface area contributed by atoms with Crippen molar-refractivity contribution >= 4 is 57.4 Å². The van der Waals surface area contributed by atoms with Crippen LogP contribution in [0.15, 0.2) is 103 Å². The van der Waals surface area contributed by atoms with E-state index in [-0.39, 0.29) is 16.9 Å². The molecule has 0 radical (unpaired) electrons. The highest BCUT2D eigenvalue weighted by Gasteiger charge is 2.18. The van der Waals surface area contributed by atoms with Crippen molar-refractivity contribution < 1.29 is 9.59 Å². The molecule has 2 amide bonds. The van der Waals surface area contributed by atoms with E-state index in [0.29, 0.717) is 17.8 Å². The highest BCUT2D eigenvalue weighted by molar-refractivity contribution is 7.80. The minimum absolute atomic E-state index is 0.0858. The fourth-order valence-corrected chi connectivity index (χ4v) is 3.99. The van der Waals surface area contributed by atoms with E-state index in [1.54, 1.807) is 35.2 Å². The van der Waals surface area contributed by atoms with Crippen molar-refractivity contribution in [3.8, 4) is 0 Å². The Balaban J connectivity index is 1.40. The number of carbonyl (C=O) groups excluding carboxylic acids is 2. The molecule has 0 aromatic heterocycles. The third-order valence-corrected chi connectivity index (χ3v) is 5.68. The molecule has 4 rings (SSSR count). The molecule has 0 saturated carbocycles. The predicted molar refractivity (Wildman–Crippen MR) is 148 cm³/mol. The average Bonchev–Trinajstić information content (AvgIpc) is 2.89. The molecule has 174 valence electrons. The van der Waals surface area contributed by atoms with Crippen molar-refractivity contribution in [1.29, 1.82) is 0 Å². The second-order valence-corrected chi connectivity index (χ2v) is 8.22. The lowest BCUT2D eigenvalue weighted by Gasteiger charge is -2.23. The van der Waals surface area contributed by atoms with Crippen molar-refractivity contribution in [2.24, 2.45) is 0 Å². The maximum absolute atomic E-state index is 13.3. The van der Waals surface area contributed by atoms with Gasteiger partial charge in [0.2, 0.25) is 5.91 Å². The molecule has 0 unspecified atom stereocenters. The van der Waals surface area contributed by atoms with Gasteiger partial charge in [-0.1, -0.05) is 66.7 Å². The molecule has 0 aliphatic rings. The summed E-state index contributed by atoms with van der Waals surface area (Å²) < 4.78 is 0. The van der Waals surface area contributed by atoms with Gasteiger partial charge in [0.05, 0.1) is 5.69 Å². The minimum Gasteiger partial charge on any atom is -0.332 e. The number of anilines is 2. The number of fused-ring (bicyclic) bond motifs is 1. The molecule has 0 atom stereocenters. The Labute approximate surface area is 210 Å². The topological polar surface area (TPSA) is 61.4 Å². The van der Waals surface area contributed by atoms with E-state index in [1.165, 1.54) is 6.08 Å². The van der Waals surface area contributed by atoms with Crippen LogP contribution >= 0.6 is 12.2 Å². The van der Waals surface area contributed by atoms with Gasteiger partial charge in [0.15, 0.2) is 5.11 Å². The van der Waals surface area contributed by atoms with Crippen molar-refractivity contribution in [2.45, 2.75) is 6.92 Å². The number of hydrogen-bond acceptors (Lipinski definition) is 3. The molecule has 0 aliphatic heterocycles. The number of nitrogens with one attached hydrogen (secondary N) is 2. The van der Waals surface area contributed by atoms with Gasteiger partial charge in [-0.2, -0.15) is 0 Å². The van der Waals surface area contributed by atoms with Gasteiger partial charge in [-0.15, -0.1) is 0 Å². The number of amides is 2. The first-order valence-electron chi connectivity index (χ1n) is 11.3. The monoisotopic (exact) mass is 479 g/mol. The van der Waals surface area contributed by atoms with Crippen LogP contribution in [-0.2, 0) is 4.79 Å². The van der Waals surface area contributed by atoms with Gasteiger partial charge in [0.25, 0.3) is 5.91 Å². The fourth-order valence-electron chi connectivity index (χ4n) is 3.77. The molecule has 0 bridgehead atoms. The maximum Gasteiger partial charge on any atom is 0.258 e. The summed E-state index contributed by atoms with van der Waals surface area (Å²) in [6.45, 7) is 2.50. The average molecular weight is 480 g/mol. The molecular formula is C29H25N3O2S. The van der Waals surface area contributed by atoms with E-state index >= 15 is 0 Å². The van der Waals surface area contributed by atoms with Crippen molar-refractivity contribution in [3.05, 3.63) is 114 Å². The fraction of sp³-hybridized carbons (Fsp3) is 0.0690. The summed E-state index contributed by atoms with van der Waals surface area (Å²) in [5.41, 5.74) is 3.04. The Kier molecular flexibility index (Phi) is 7.65. The van der Waals surface area contributed by atoms with Crippen LogP contribution in [0.4, 0.5) is 11.4 Å². The van der Waals surface area contributed by atoms with E-state index in [4.69, 9.17) is 12.2 Å². The Hall–Kier alpha value is -4.29. The Morgan fingerprint density at radius 1 is 0.857 bits per heavy atom. The number of carbonyl (C=O) groups is 2. The summed E-state index contributed by atoms with van der Waals surface area (Å²) in [6.07, 6.45) is 3.14. The summed E-state index contributed by atoms with van der Waals surface area (Å²) >= 11 is 5.24. The van der Waals surface area contributed by atoms with E-state index in [9.17, 15) is 9.59 Å². The van der Waals surface area contributed by atoms with Crippen LogP contribution in [0.2, 0.25) is 0 Å². The van der Waals surface area contributed by atoms with E-state index in [1.807, 2.05) is 79.7 Å². The molecule has 0 spiro atoms. The van der Waals surface area contributed by atoms with Gasteiger partial charge in [-0.25, -0.2) is 0 Å². The first-order valence-corrected chi connectivity index (χ1v) is 11.7. The maximum atomic E-state index is 13.3. The lowest BCUT2D eigenvalue weighted by Crippen LogP contribution is -2.33. The molecular weight excluding hydrogens is 454 g/mol. The lowest BCUT2D eigenvalue weighted by molar-refractivity contribution is -0.115. The quantitative estimate of drug-likeness (QED) is 0.262. The first-order chi connectivity index (χ1) is 17.0. The van der Waals surface area contributed by atoms with Crippen LogP contribution in [0, 0.1) is 0 Å². The van der Waals surface area contributed by atoms with E-state index in [2.05, 4.69) is 10.6 Å². The van der Waals surface area contributed by atoms with Crippen LogP contribution in [0.3, 0.4) is 0 Å². The standard InChI is InChI=1S/C29H25N3O2S/c1-2-32(26-14-8-12-22-11-6-7-13-25(22)26)28(34)23-16-18-24(19-17-23)30-29(35)31-27(33)20-15-21-9-4-3-5-10-21/h3-20H,2H2,1H3,(H2,30,31,33,35)/b20-15+. The molecule has 0 saturated heterocycles. The molecule has 2 N–H and O–H groups in total. The number of hydrogen-bond donors (Lipinski definition) is 2. The van der Waals surface area contributed by atoms with Gasteiger partial charge < -0.3 is 10.2 Å². The second-order valence-electron chi connectivity index (χ2n) is 7.81. The third-order valence-electron chi connectivity index (χ3n) is 5.47. The smallest absolute Gasteiger partial charge is 0.258 e. The second kappa shape index (κ2) is 11.2. The highest BCUT2D eigenvalue weighted by atomic mass is 32.1. The van der Waals surface area contributed by atoms with Gasteiger partial charge in [0.1, 0.15) is 0 Å². The Bertz CT molecular complexity index is 1380. The molecule has 4 aromatic rings. The first kappa shape index (κ1) is 23.9. The number of thiocarbonyl (C=S) groups is 1. The number of nitrogens with zero attached hydrogens (tertiary/aromatic N) is 1. The van der Waals surface area contributed by atoms with Crippen molar-refractivity contribution in [2.75, 3.05) is 16.8 Å². The molecule has 35 heavy (non-hydrogen) atoms. The largest absolute Gasteiger partial charge is 0.332 e. The van der Waals surface area contributed by atoms with Crippen LogP contribution < -0.4 is 15.5 Å². The van der Waals surface area contributed by atoms with Gasteiger partial charge >= 0.3 is 0 Å². The molecule has 6 heteroatoms. The summed E-state index contributed by atoms with van der Waals surface area (Å²) in [5, 5.41) is 7.90. The van der Waals surface area contributed by atoms with Gasteiger partial charge in [-0.05, 0) is 66.5 Å². The molecule has 5 nitrogen and oxygen atoms in total. The zero-order chi connectivity index (χ0) is 24.6. The van der Waals surface area contributed by atoms with Crippen molar-refractivity contribution in [1.82, 2.24) is 5.32 Å². The highest BCUT2D eigenvalue weighted by Crippen LogP contribution is 2.28. The van der Waals surface area contributed by atoms with Gasteiger partial charge in [-0.3, -0.25) is 14.9 Å². The predicted octanol–water partition coefficient (Wildman–Crippen LogP) is 6.03.